The molecular formula is C35H35F2N7O6. The molecule has 0 spiro atoms. The van der Waals surface area contributed by atoms with Crippen molar-refractivity contribution in [3.63, 3.8) is 0 Å². The van der Waals surface area contributed by atoms with Crippen LogP contribution < -0.4 is 24.3 Å². The van der Waals surface area contributed by atoms with Crippen molar-refractivity contribution < 1.29 is 36.9 Å². The van der Waals surface area contributed by atoms with E-state index >= 15 is 0 Å². The van der Waals surface area contributed by atoms with Gasteiger partial charge in [-0.15, -0.1) is 0 Å². The van der Waals surface area contributed by atoms with E-state index in [2.05, 4.69) is 25.5 Å². The van der Waals surface area contributed by atoms with Crippen LogP contribution in [0.1, 0.15) is 46.4 Å². The summed E-state index contributed by atoms with van der Waals surface area (Å²) < 4.78 is 60.4. The average molecular weight is 688 g/mol. The summed E-state index contributed by atoms with van der Waals surface area (Å²) in [6, 6.07) is 14.1. The number of nitrogens with one attached hydrogen (secondary N) is 1. The van der Waals surface area contributed by atoms with Crippen molar-refractivity contribution in [3.8, 4) is 46.0 Å². The van der Waals surface area contributed by atoms with E-state index < -0.39 is 18.1 Å². The molecule has 4 aromatic heterocycles. The molecule has 0 aliphatic rings. The van der Waals surface area contributed by atoms with Gasteiger partial charge in [0, 0.05) is 37.2 Å². The Morgan fingerprint density at radius 3 is 2.40 bits per heavy atom. The number of ether oxygens (including phenoxy) is 4. The molecule has 0 saturated heterocycles. The highest BCUT2D eigenvalue weighted by molar-refractivity contribution is 6.00. The summed E-state index contributed by atoms with van der Waals surface area (Å²) in [5.41, 5.74) is 2.57. The lowest BCUT2D eigenvalue weighted by Gasteiger charge is -2.12. The number of hydrogen-bond acceptors (Lipinski definition) is 10. The number of pyridine rings is 1. The minimum Gasteiger partial charge on any atom is -0.497 e. The van der Waals surface area contributed by atoms with Gasteiger partial charge < -0.3 is 28.7 Å². The molecule has 0 bridgehead atoms. The predicted molar refractivity (Wildman–Crippen MR) is 179 cm³/mol. The van der Waals surface area contributed by atoms with Gasteiger partial charge in [-0.3, -0.25) is 14.2 Å². The smallest absolute Gasteiger partial charge is 0.297 e. The van der Waals surface area contributed by atoms with E-state index in [-0.39, 0.29) is 41.8 Å². The maximum absolute atomic E-state index is 14.7. The molecule has 0 aliphatic carbocycles. The molecular weight excluding hydrogens is 652 g/mol. The Kier molecular flexibility index (Phi) is 9.65. The highest BCUT2D eigenvalue weighted by Gasteiger charge is 2.31. The highest BCUT2D eigenvalue weighted by atomic mass is 19.3. The molecule has 0 atom stereocenters. The molecule has 0 aliphatic heterocycles. The summed E-state index contributed by atoms with van der Waals surface area (Å²) in [6.45, 7) is 4.25. The molecule has 6 rings (SSSR count). The first-order valence-corrected chi connectivity index (χ1v) is 15.6. The average Bonchev–Trinajstić information content (AvgIpc) is 3.84. The quantitative estimate of drug-likeness (QED) is 0.147. The minimum absolute atomic E-state index is 0.00747. The van der Waals surface area contributed by atoms with Crippen molar-refractivity contribution in [2.24, 2.45) is 7.05 Å². The summed E-state index contributed by atoms with van der Waals surface area (Å²) in [5.74, 6) is 0.738. The molecule has 4 heterocycles. The van der Waals surface area contributed by atoms with Crippen molar-refractivity contribution in [3.05, 3.63) is 83.0 Å². The molecule has 13 nitrogen and oxygen atoms in total. The fourth-order valence-electron chi connectivity index (χ4n) is 5.51. The number of carbonyl (C=O) groups is 1. The van der Waals surface area contributed by atoms with E-state index in [1.807, 2.05) is 31.2 Å². The molecule has 2 aromatic carbocycles. The van der Waals surface area contributed by atoms with Gasteiger partial charge in [-0.25, -0.2) is 18.7 Å². The number of alkyl halides is 2. The Hall–Kier alpha value is -5.99. The van der Waals surface area contributed by atoms with E-state index in [9.17, 15) is 13.6 Å². The van der Waals surface area contributed by atoms with Gasteiger partial charge in [0.15, 0.2) is 11.4 Å². The molecule has 1 amide bonds. The Balaban J connectivity index is 1.38. The van der Waals surface area contributed by atoms with E-state index in [1.165, 1.54) is 24.1 Å². The molecule has 15 heteroatoms. The number of methoxy groups -OCH3 is 3. The van der Waals surface area contributed by atoms with Crippen molar-refractivity contribution in [2.75, 3.05) is 21.3 Å². The van der Waals surface area contributed by atoms with Gasteiger partial charge in [-0.1, -0.05) is 12.1 Å². The van der Waals surface area contributed by atoms with Gasteiger partial charge in [-0.2, -0.15) is 10.2 Å². The number of nitrogens with zero attached hydrogens (tertiary/aromatic N) is 6. The fraction of sp³-hybridized carbons (Fsp3) is 0.286. The van der Waals surface area contributed by atoms with E-state index in [4.69, 9.17) is 23.4 Å². The molecule has 260 valence electrons. The van der Waals surface area contributed by atoms with Crippen molar-refractivity contribution >= 4 is 16.8 Å². The van der Waals surface area contributed by atoms with Crippen LogP contribution >= 0.6 is 0 Å². The molecule has 0 saturated carbocycles. The zero-order chi connectivity index (χ0) is 35.5. The summed E-state index contributed by atoms with van der Waals surface area (Å²) in [4.78, 5) is 22.6. The van der Waals surface area contributed by atoms with Crippen LogP contribution in [0.5, 0.6) is 23.0 Å². The molecule has 0 radical (unpaired) electrons. The van der Waals surface area contributed by atoms with Gasteiger partial charge >= 0.3 is 0 Å². The van der Waals surface area contributed by atoms with Crippen molar-refractivity contribution in [1.82, 2.24) is 34.8 Å². The lowest BCUT2D eigenvalue weighted by atomic mass is 10.1. The SMILES string of the molecule is CCn1nc(C)c(OCc2ccc(OC)cc2)c1-c1nc(-c2nc(C(=O)NCc3ccc(OC)cc3OC)cc3c2cnn3C)c(C(F)F)o1. The first-order valence-electron chi connectivity index (χ1n) is 15.6. The predicted octanol–water partition coefficient (Wildman–Crippen LogP) is 6.29. The third-order valence-electron chi connectivity index (χ3n) is 8.10. The molecule has 6 aromatic rings. The number of oxazole rings is 1. The van der Waals surface area contributed by atoms with Crippen LogP contribution in [-0.4, -0.2) is 56.8 Å². The second-order valence-electron chi connectivity index (χ2n) is 11.2. The maximum Gasteiger partial charge on any atom is 0.297 e. The second kappa shape index (κ2) is 14.2. The molecule has 1 N–H and O–H groups in total. The normalized spacial score (nSPS) is 11.3. The summed E-state index contributed by atoms with van der Waals surface area (Å²) in [5, 5.41) is 12.1. The molecule has 50 heavy (non-hydrogen) atoms. The molecule has 0 unspecified atom stereocenters. The number of aryl methyl sites for hydroxylation is 3. The first-order chi connectivity index (χ1) is 24.1. The Labute approximate surface area is 285 Å². The van der Waals surface area contributed by atoms with Crippen LogP contribution in [0.3, 0.4) is 0 Å². The lowest BCUT2D eigenvalue weighted by Crippen LogP contribution is -2.24. The van der Waals surface area contributed by atoms with Gasteiger partial charge in [0.2, 0.25) is 11.7 Å². The third kappa shape index (κ3) is 6.53. The Morgan fingerprint density at radius 2 is 1.72 bits per heavy atom. The number of benzene rings is 2. The maximum atomic E-state index is 14.7. The number of halogens is 2. The van der Waals surface area contributed by atoms with Gasteiger partial charge in [0.1, 0.15) is 46.6 Å². The van der Waals surface area contributed by atoms with Crippen LogP contribution in [0, 0.1) is 6.92 Å². The third-order valence-corrected chi connectivity index (χ3v) is 8.10. The van der Waals surface area contributed by atoms with Crippen LogP contribution in [0.2, 0.25) is 0 Å². The van der Waals surface area contributed by atoms with Gasteiger partial charge in [-0.05, 0) is 49.7 Å². The number of hydrogen-bond donors (Lipinski definition) is 1. The largest absolute Gasteiger partial charge is 0.497 e. The van der Waals surface area contributed by atoms with E-state index in [0.29, 0.717) is 51.7 Å². The zero-order valence-electron chi connectivity index (χ0n) is 28.3. The number of rotatable bonds is 13. The van der Waals surface area contributed by atoms with Crippen molar-refractivity contribution in [1.29, 1.82) is 0 Å². The lowest BCUT2D eigenvalue weighted by molar-refractivity contribution is 0.0946. The number of aromatic nitrogens is 6. The molecule has 0 fully saturated rings. The van der Waals surface area contributed by atoms with Crippen LogP contribution in [-0.2, 0) is 26.7 Å². The monoisotopic (exact) mass is 687 g/mol. The number of carbonyl (C=O) groups excluding carboxylic acids is 1. The number of fused-ring (bicyclic) bond motifs is 1. The Bertz CT molecular complexity index is 2160. The van der Waals surface area contributed by atoms with Crippen molar-refractivity contribution in [2.45, 2.75) is 40.0 Å². The summed E-state index contributed by atoms with van der Waals surface area (Å²) in [6.07, 6.45) is -1.59. The van der Waals surface area contributed by atoms with E-state index in [1.54, 1.807) is 51.1 Å². The summed E-state index contributed by atoms with van der Waals surface area (Å²) in [7, 11) is 6.32. The first kappa shape index (κ1) is 33.9. The van der Waals surface area contributed by atoms with Crippen LogP contribution in [0.25, 0.3) is 33.9 Å². The second-order valence-corrected chi connectivity index (χ2v) is 11.2. The summed E-state index contributed by atoms with van der Waals surface area (Å²) >= 11 is 0. The Morgan fingerprint density at radius 1 is 0.980 bits per heavy atom. The zero-order valence-corrected chi connectivity index (χ0v) is 28.3. The fourth-order valence-corrected chi connectivity index (χ4v) is 5.51. The topological polar surface area (TPSA) is 141 Å². The van der Waals surface area contributed by atoms with Crippen LogP contribution in [0.4, 0.5) is 8.78 Å². The van der Waals surface area contributed by atoms with Gasteiger partial charge in [0.05, 0.1) is 33.0 Å². The minimum atomic E-state index is -3.07. The highest BCUT2D eigenvalue weighted by Crippen LogP contribution is 2.41. The van der Waals surface area contributed by atoms with E-state index in [0.717, 1.165) is 5.56 Å². The van der Waals surface area contributed by atoms with Crippen LogP contribution in [0.15, 0.2) is 59.1 Å². The standard InChI is InChI=1S/C35H35F2N7O6/c1-7-44-30(31(19(2)42-44)49-18-20-8-11-22(46-4)12-9-20)35-41-29(32(50-35)33(36)37)28-24-17-39-43(3)26(24)15-25(40-28)34(45)38-16-21-10-13-23(47-5)14-27(21)48-6/h8-15,17,33H,7,16,18H2,1-6H3,(H,38,45). The van der Waals surface area contributed by atoms with Gasteiger partial charge in [0.25, 0.3) is 12.3 Å². The number of amides is 1.